The van der Waals surface area contributed by atoms with Crippen LogP contribution in [0.3, 0.4) is 0 Å². The predicted octanol–water partition coefficient (Wildman–Crippen LogP) is 3.31. The van der Waals surface area contributed by atoms with Gasteiger partial charge in [-0.1, -0.05) is 36.4 Å². The van der Waals surface area contributed by atoms with E-state index in [1.54, 1.807) is 36.4 Å². The number of hydrogen-bond donors (Lipinski definition) is 0. The number of benzene rings is 2. The predicted molar refractivity (Wildman–Crippen MR) is 133 cm³/mol. The van der Waals surface area contributed by atoms with Gasteiger partial charge in [0.2, 0.25) is 5.82 Å². The highest BCUT2D eigenvalue weighted by atomic mass is 32.2. The standard InChI is InChI=1S/C25H25N5O4S/c1-18-21(17-30(28-18)25(31)20-7-5-4-6-8-20)12-9-19-10-13-22(14-11-19)35(32,33)29(2)23-24(34-3)27-16-15-26-23/h4-8,10-16H,9,17H2,1-3H3/b21-12-. The van der Waals surface area contributed by atoms with Crippen LogP contribution in [0.2, 0.25) is 0 Å². The number of anilines is 1. The van der Waals surface area contributed by atoms with E-state index in [2.05, 4.69) is 15.1 Å². The Labute approximate surface area is 204 Å². The summed E-state index contributed by atoms with van der Waals surface area (Å²) < 4.78 is 32.3. The second kappa shape index (κ2) is 10.1. The molecule has 0 N–H and O–H groups in total. The molecule has 1 aliphatic heterocycles. The summed E-state index contributed by atoms with van der Waals surface area (Å²) in [7, 11) is -1.04. The number of methoxy groups -OCH3 is 1. The van der Waals surface area contributed by atoms with Gasteiger partial charge in [-0.15, -0.1) is 0 Å². The number of hydrogen-bond acceptors (Lipinski definition) is 7. The lowest BCUT2D eigenvalue weighted by Gasteiger charge is -2.19. The smallest absolute Gasteiger partial charge is 0.274 e. The van der Waals surface area contributed by atoms with E-state index in [1.165, 1.54) is 31.6 Å². The molecular formula is C25H25N5O4S. The molecule has 0 saturated carbocycles. The first-order valence-electron chi connectivity index (χ1n) is 10.9. The maximum Gasteiger partial charge on any atom is 0.274 e. The van der Waals surface area contributed by atoms with Crippen LogP contribution in [0.1, 0.15) is 22.8 Å². The molecule has 3 aromatic rings. The first-order chi connectivity index (χ1) is 16.8. The van der Waals surface area contributed by atoms with E-state index in [0.717, 1.165) is 21.2 Å². The van der Waals surface area contributed by atoms with Crippen LogP contribution in [0, 0.1) is 0 Å². The summed E-state index contributed by atoms with van der Waals surface area (Å²) in [6.45, 7) is 2.27. The number of carbonyl (C=O) groups excluding carboxylic acids is 1. The first kappa shape index (κ1) is 24.1. The van der Waals surface area contributed by atoms with E-state index < -0.39 is 10.0 Å². The number of rotatable bonds is 7. The normalized spacial score (nSPS) is 14.7. The highest BCUT2D eigenvalue weighted by Gasteiger charge is 2.26. The lowest BCUT2D eigenvalue weighted by atomic mass is 10.1. The number of hydrazone groups is 1. The van der Waals surface area contributed by atoms with Crippen LogP contribution in [0.15, 0.2) is 88.6 Å². The summed E-state index contributed by atoms with van der Waals surface area (Å²) in [6, 6.07) is 15.7. The first-order valence-corrected chi connectivity index (χ1v) is 12.3. The molecule has 0 aliphatic carbocycles. The molecule has 1 amide bonds. The fourth-order valence-electron chi connectivity index (χ4n) is 3.60. The molecule has 0 fully saturated rings. The average molecular weight is 492 g/mol. The van der Waals surface area contributed by atoms with Crippen molar-refractivity contribution in [3.05, 3.63) is 89.8 Å². The molecule has 0 atom stereocenters. The zero-order valence-corrected chi connectivity index (χ0v) is 20.4. The highest BCUT2D eigenvalue weighted by Crippen LogP contribution is 2.27. The topological polar surface area (TPSA) is 105 Å². The zero-order valence-electron chi connectivity index (χ0n) is 19.6. The van der Waals surface area contributed by atoms with Crippen LogP contribution in [0.5, 0.6) is 5.88 Å². The van der Waals surface area contributed by atoms with Gasteiger partial charge in [0.1, 0.15) is 0 Å². The molecule has 180 valence electrons. The minimum Gasteiger partial charge on any atom is -0.478 e. The van der Waals surface area contributed by atoms with Crippen LogP contribution in [0.4, 0.5) is 5.82 Å². The van der Waals surface area contributed by atoms with Gasteiger partial charge in [0.05, 0.1) is 24.3 Å². The largest absolute Gasteiger partial charge is 0.478 e. The summed E-state index contributed by atoms with van der Waals surface area (Å²) in [5.74, 6) is 0.0800. The Morgan fingerprint density at radius 2 is 1.77 bits per heavy atom. The number of sulfonamides is 1. The van der Waals surface area contributed by atoms with Crippen molar-refractivity contribution in [2.75, 3.05) is 25.0 Å². The molecule has 0 unspecified atom stereocenters. The van der Waals surface area contributed by atoms with Crippen molar-refractivity contribution in [1.29, 1.82) is 0 Å². The minimum absolute atomic E-state index is 0.106. The molecule has 0 saturated heterocycles. The van der Waals surface area contributed by atoms with Crippen LogP contribution in [-0.4, -0.2) is 55.7 Å². The molecule has 0 spiro atoms. The van der Waals surface area contributed by atoms with E-state index in [1.807, 2.05) is 31.2 Å². The summed E-state index contributed by atoms with van der Waals surface area (Å²) in [4.78, 5) is 20.9. The van der Waals surface area contributed by atoms with E-state index >= 15 is 0 Å². The van der Waals surface area contributed by atoms with Gasteiger partial charge in [-0.2, -0.15) is 5.10 Å². The van der Waals surface area contributed by atoms with Crippen molar-refractivity contribution in [1.82, 2.24) is 15.0 Å². The highest BCUT2D eigenvalue weighted by molar-refractivity contribution is 7.92. The molecular weight excluding hydrogens is 466 g/mol. The third kappa shape index (κ3) is 5.07. The van der Waals surface area contributed by atoms with Crippen molar-refractivity contribution in [3.63, 3.8) is 0 Å². The van der Waals surface area contributed by atoms with E-state index in [0.29, 0.717) is 18.5 Å². The zero-order chi connectivity index (χ0) is 25.0. The number of amides is 1. The van der Waals surface area contributed by atoms with E-state index in [9.17, 15) is 13.2 Å². The van der Waals surface area contributed by atoms with Crippen LogP contribution in [-0.2, 0) is 16.4 Å². The number of carbonyl (C=O) groups is 1. The van der Waals surface area contributed by atoms with Crippen molar-refractivity contribution >= 4 is 27.5 Å². The van der Waals surface area contributed by atoms with Gasteiger partial charge in [-0.25, -0.2) is 27.7 Å². The van der Waals surface area contributed by atoms with Crippen molar-refractivity contribution < 1.29 is 17.9 Å². The van der Waals surface area contributed by atoms with Crippen molar-refractivity contribution in [2.24, 2.45) is 5.10 Å². The number of ether oxygens (including phenoxy) is 1. The molecule has 0 bridgehead atoms. The van der Waals surface area contributed by atoms with Gasteiger partial charge < -0.3 is 4.74 Å². The summed E-state index contributed by atoms with van der Waals surface area (Å²) in [5.41, 5.74) is 3.26. The quantitative estimate of drug-likeness (QED) is 0.502. The third-order valence-electron chi connectivity index (χ3n) is 5.61. The minimum atomic E-state index is -3.85. The Balaban J connectivity index is 1.45. The van der Waals surface area contributed by atoms with Crippen LogP contribution in [0.25, 0.3) is 0 Å². The molecule has 1 aromatic heterocycles. The fourth-order valence-corrected chi connectivity index (χ4v) is 4.75. The summed E-state index contributed by atoms with van der Waals surface area (Å²) >= 11 is 0. The second-order valence-electron chi connectivity index (χ2n) is 7.85. The van der Waals surface area contributed by atoms with Gasteiger partial charge in [-0.3, -0.25) is 4.79 Å². The second-order valence-corrected chi connectivity index (χ2v) is 9.82. The third-order valence-corrected chi connectivity index (χ3v) is 7.38. The Morgan fingerprint density at radius 1 is 1.09 bits per heavy atom. The van der Waals surface area contributed by atoms with Crippen LogP contribution < -0.4 is 9.04 Å². The summed E-state index contributed by atoms with van der Waals surface area (Å²) in [6.07, 6.45) is 5.42. The fraction of sp³-hybridized carbons (Fsp3) is 0.200. The van der Waals surface area contributed by atoms with Gasteiger partial charge in [0.25, 0.3) is 21.8 Å². The van der Waals surface area contributed by atoms with Crippen molar-refractivity contribution in [2.45, 2.75) is 18.2 Å². The lowest BCUT2D eigenvalue weighted by Crippen LogP contribution is -2.28. The number of allylic oxidation sites excluding steroid dienone is 1. The Kier molecular flexibility index (Phi) is 6.92. The number of aromatic nitrogens is 2. The Hall–Kier alpha value is -4.05. The Bertz CT molecular complexity index is 1390. The molecule has 10 heteroatoms. The van der Waals surface area contributed by atoms with Gasteiger partial charge in [0.15, 0.2) is 0 Å². The average Bonchev–Trinajstić information content (AvgIpc) is 3.27. The number of nitrogens with zero attached hydrogens (tertiary/aromatic N) is 5. The van der Waals surface area contributed by atoms with E-state index in [4.69, 9.17) is 4.74 Å². The lowest BCUT2D eigenvalue weighted by molar-refractivity contribution is 0.0785. The van der Waals surface area contributed by atoms with Crippen LogP contribution >= 0.6 is 0 Å². The molecule has 4 rings (SSSR count). The molecule has 9 nitrogen and oxygen atoms in total. The van der Waals surface area contributed by atoms with Gasteiger partial charge >= 0.3 is 0 Å². The monoisotopic (exact) mass is 491 g/mol. The molecule has 2 heterocycles. The molecule has 0 radical (unpaired) electrons. The maximum atomic E-state index is 13.1. The van der Waals surface area contributed by atoms with Gasteiger partial charge in [0, 0.05) is 25.0 Å². The molecule has 2 aromatic carbocycles. The molecule has 1 aliphatic rings. The molecule has 35 heavy (non-hydrogen) atoms. The van der Waals surface area contributed by atoms with Crippen molar-refractivity contribution in [3.8, 4) is 5.88 Å². The summed E-state index contributed by atoms with van der Waals surface area (Å²) in [5, 5.41) is 5.85. The SMILES string of the molecule is COc1nccnc1N(C)S(=O)(=O)c1ccc(C/C=C2/CN(C(=O)c3ccccc3)N=C2C)cc1. The maximum absolute atomic E-state index is 13.1. The van der Waals surface area contributed by atoms with Gasteiger partial charge in [-0.05, 0) is 48.7 Å². The van der Waals surface area contributed by atoms with E-state index in [-0.39, 0.29) is 22.5 Å². The Morgan fingerprint density at radius 3 is 2.46 bits per heavy atom.